The van der Waals surface area contributed by atoms with Crippen molar-refractivity contribution in [3.8, 4) is 0 Å². The van der Waals surface area contributed by atoms with Gasteiger partial charge in [0, 0.05) is 11.3 Å². The summed E-state index contributed by atoms with van der Waals surface area (Å²) in [6.45, 7) is 0.338. The lowest BCUT2D eigenvalue weighted by Gasteiger charge is -1.99. The molecule has 0 aliphatic heterocycles. The molecule has 90 valence electrons. The molecule has 0 fully saturated rings. The van der Waals surface area contributed by atoms with Gasteiger partial charge in [0.25, 0.3) is 0 Å². The number of nitrogens with zero attached hydrogens (tertiary/aromatic N) is 1. The molecule has 1 atom stereocenters. The zero-order chi connectivity index (χ0) is 11.5. The summed E-state index contributed by atoms with van der Waals surface area (Å²) < 4.78 is 22.8. The Kier molecular flexibility index (Phi) is 9.65. The Balaban J connectivity index is 2.99. The Morgan fingerprint density at radius 2 is 1.67 bits per heavy atom. The molecule has 0 aliphatic carbocycles. The SMILES string of the molecule is O=[N+]([O-])CCCCCCCCOS(=O)O. The minimum atomic E-state index is -2.16. The molecule has 0 rings (SSSR count). The van der Waals surface area contributed by atoms with Crippen LogP contribution in [0.5, 0.6) is 0 Å². The maximum atomic E-state index is 10.1. The molecule has 1 unspecified atom stereocenters. The van der Waals surface area contributed by atoms with Crippen LogP contribution in [0.25, 0.3) is 0 Å². The summed E-state index contributed by atoms with van der Waals surface area (Å²) in [4.78, 5) is 9.67. The predicted molar refractivity (Wildman–Crippen MR) is 56.3 cm³/mol. The van der Waals surface area contributed by atoms with Gasteiger partial charge in [0.05, 0.1) is 6.61 Å². The van der Waals surface area contributed by atoms with Crippen molar-refractivity contribution >= 4 is 11.4 Å². The van der Waals surface area contributed by atoms with Gasteiger partial charge in [-0.25, -0.2) is 0 Å². The van der Waals surface area contributed by atoms with Crippen molar-refractivity contribution < 1.29 is 17.9 Å². The molecule has 0 aromatic carbocycles. The van der Waals surface area contributed by atoms with Gasteiger partial charge in [-0.15, -0.1) is 0 Å². The second kappa shape index (κ2) is 10.0. The largest absolute Gasteiger partial charge is 0.301 e. The normalized spacial score (nSPS) is 12.6. The predicted octanol–water partition coefficient (Wildman–Crippen LogP) is 1.76. The summed E-state index contributed by atoms with van der Waals surface area (Å²) >= 11 is -2.16. The van der Waals surface area contributed by atoms with E-state index in [1.54, 1.807) is 0 Å². The van der Waals surface area contributed by atoms with Crippen molar-refractivity contribution in [2.24, 2.45) is 0 Å². The quantitative estimate of drug-likeness (QED) is 0.271. The van der Waals surface area contributed by atoms with E-state index in [9.17, 15) is 14.3 Å². The highest BCUT2D eigenvalue weighted by Crippen LogP contribution is 2.05. The van der Waals surface area contributed by atoms with Crippen LogP contribution in [0.3, 0.4) is 0 Å². The summed E-state index contributed by atoms with van der Waals surface area (Å²) in [7, 11) is 0. The van der Waals surface area contributed by atoms with Crippen LogP contribution in [-0.2, 0) is 15.5 Å². The average molecular weight is 239 g/mol. The van der Waals surface area contributed by atoms with Gasteiger partial charge in [-0.3, -0.25) is 18.9 Å². The van der Waals surface area contributed by atoms with Crippen LogP contribution in [-0.4, -0.2) is 26.8 Å². The third kappa shape index (κ3) is 13.5. The second-order valence-corrected chi connectivity index (χ2v) is 3.89. The molecule has 0 bridgehead atoms. The first-order chi connectivity index (χ1) is 7.13. The van der Waals surface area contributed by atoms with Crippen molar-refractivity contribution in [2.75, 3.05) is 13.2 Å². The molecule has 0 amide bonds. The first-order valence-electron chi connectivity index (χ1n) is 4.99. The first kappa shape index (κ1) is 14.5. The van der Waals surface area contributed by atoms with E-state index in [0.29, 0.717) is 6.42 Å². The molecule has 0 spiro atoms. The molecule has 7 heteroatoms. The van der Waals surface area contributed by atoms with Crippen LogP contribution in [0.2, 0.25) is 0 Å². The van der Waals surface area contributed by atoms with Crippen LogP contribution >= 0.6 is 0 Å². The third-order valence-electron chi connectivity index (χ3n) is 1.92. The Hall–Kier alpha value is -0.530. The number of nitro groups is 1. The molecule has 0 saturated heterocycles. The standard InChI is InChI=1S/C8H17NO5S/c10-9(11)7-5-3-1-2-4-6-8-14-15(12)13/h1-8H2,(H,12,13). The van der Waals surface area contributed by atoms with Crippen molar-refractivity contribution in [1.29, 1.82) is 0 Å². The fourth-order valence-corrected chi connectivity index (χ4v) is 1.44. The van der Waals surface area contributed by atoms with E-state index in [-0.39, 0.29) is 18.1 Å². The Morgan fingerprint density at radius 1 is 1.13 bits per heavy atom. The minimum Gasteiger partial charge on any atom is -0.284 e. The molecule has 0 radical (unpaired) electrons. The van der Waals surface area contributed by atoms with Crippen LogP contribution in [0.15, 0.2) is 0 Å². The summed E-state index contributed by atoms with van der Waals surface area (Å²) in [6.07, 6.45) is 5.13. The lowest BCUT2D eigenvalue weighted by atomic mass is 10.1. The fourth-order valence-electron chi connectivity index (χ4n) is 1.18. The van der Waals surface area contributed by atoms with Gasteiger partial charge in [0.1, 0.15) is 0 Å². The number of unbranched alkanes of at least 4 members (excludes halogenated alkanes) is 5. The van der Waals surface area contributed by atoms with E-state index in [0.717, 1.165) is 32.1 Å². The topological polar surface area (TPSA) is 89.7 Å². The van der Waals surface area contributed by atoms with E-state index < -0.39 is 11.4 Å². The van der Waals surface area contributed by atoms with Crippen LogP contribution < -0.4 is 0 Å². The first-order valence-corrected chi connectivity index (χ1v) is 6.02. The molecule has 6 nitrogen and oxygen atoms in total. The van der Waals surface area contributed by atoms with Gasteiger partial charge in [-0.2, -0.15) is 4.21 Å². The van der Waals surface area contributed by atoms with Crippen LogP contribution in [0, 0.1) is 10.1 Å². The number of rotatable bonds is 10. The van der Waals surface area contributed by atoms with Crippen molar-refractivity contribution in [2.45, 2.75) is 38.5 Å². The van der Waals surface area contributed by atoms with E-state index in [2.05, 4.69) is 4.18 Å². The van der Waals surface area contributed by atoms with Gasteiger partial charge in [0.15, 0.2) is 0 Å². The minimum absolute atomic E-state index is 0.0482. The van der Waals surface area contributed by atoms with Gasteiger partial charge in [0.2, 0.25) is 6.54 Å². The molecule has 0 aromatic rings. The molecular formula is C8H17NO5S. The lowest BCUT2D eigenvalue weighted by Crippen LogP contribution is -2.00. The highest BCUT2D eigenvalue weighted by atomic mass is 32.2. The highest BCUT2D eigenvalue weighted by Gasteiger charge is 1.97. The van der Waals surface area contributed by atoms with Gasteiger partial charge < -0.3 is 0 Å². The van der Waals surface area contributed by atoms with Crippen molar-refractivity contribution in [3.05, 3.63) is 10.1 Å². The fraction of sp³-hybridized carbons (Fsp3) is 1.00. The Bertz CT molecular complexity index is 179. The van der Waals surface area contributed by atoms with Gasteiger partial charge >= 0.3 is 11.4 Å². The van der Waals surface area contributed by atoms with Crippen LogP contribution in [0.4, 0.5) is 0 Å². The zero-order valence-electron chi connectivity index (χ0n) is 8.59. The molecule has 15 heavy (non-hydrogen) atoms. The van der Waals surface area contributed by atoms with E-state index in [1.807, 2.05) is 0 Å². The maximum absolute atomic E-state index is 10.1. The van der Waals surface area contributed by atoms with Crippen molar-refractivity contribution in [1.82, 2.24) is 0 Å². The highest BCUT2D eigenvalue weighted by molar-refractivity contribution is 7.74. The Morgan fingerprint density at radius 3 is 2.20 bits per heavy atom. The molecule has 0 aliphatic rings. The summed E-state index contributed by atoms with van der Waals surface area (Å²) in [5.74, 6) is 0. The number of hydrogen-bond donors (Lipinski definition) is 1. The average Bonchev–Trinajstić information content (AvgIpc) is 2.14. The zero-order valence-corrected chi connectivity index (χ0v) is 9.41. The smallest absolute Gasteiger partial charge is 0.284 e. The lowest BCUT2D eigenvalue weighted by molar-refractivity contribution is -0.480. The summed E-state index contributed by atoms with van der Waals surface area (Å²) in [5.41, 5.74) is 0. The van der Waals surface area contributed by atoms with E-state index in [1.165, 1.54) is 0 Å². The second-order valence-electron chi connectivity index (χ2n) is 3.22. The van der Waals surface area contributed by atoms with E-state index in [4.69, 9.17) is 4.55 Å². The molecular weight excluding hydrogens is 222 g/mol. The summed E-state index contributed by atoms with van der Waals surface area (Å²) in [5, 5.41) is 9.97. The van der Waals surface area contributed by atoms with Crippen LogP contribution in [0.1, 0.15) is 38.5 Å². The molecule has 0 heterocycles. The van der Waals surface area contributed by atoms with E-state index >= 15 is 0 Å². The van der Waals surface area contributed by atoms with Crippen molar-refractivity contribution in [3.63, 3.8) is 0 Å². The van der Waals surface area contributed by atoms with Gasteiger partial charge in [-0.05, 0) is 12.8 Å². The molecule has 0 aromatic heterocycles. The molecule has 0 saturated carbocycles. The van der Waals surface area contributed by atoms with Gasteiger partial charge in [-0.1, -0.05) is 19.3 Å². The maximum Gasteiger partial charge on any atom is 0.301 e. The number of hydrogen-bond acceptors (Lipinski definition) is 4. The monoisotopic (exact) mass is 239 g/mol. The Labute approximate surface area is 91.6 Å². The third-order valence-corrected chi connectivity index (χ3v) is 2.29. The molecule has 1 N–H and O–H groups in total. The summed E-state index contributed by atoms with van der Waals surface area (Å²) in [6, 6.07) is 0.